The molecule has 4 heteroatoms. The first-order valence-electron chi connectivity index (χ1n) is 3.99. The third-order valence-electron chi connectivity index (χ3n) is 1.53. The molecule has 0 saturated heterocycles. The van der Waals surface area contributed by atoms with Crippen LogP contribution >= 0.6 is 23.6 Å². The Bertz CT molecular complexity index is 306. The lowest BCUT2D eigenvalue weighted by atomic mass is 10.2. The third kappa shape index (κ3) is 2.87. The Morgan fingerprint density at radius 1 is 1.67 bits per heavy atom. The van der Waals surface area contributed by atoms with Crippen molar-refractivity contribution in [2.45, 2.75) is 26.2 Å². The number of anilines is 1. The van der Waals surface area contributed by atoms with E-state index in [0.29, 0.717) is 5.13 Å². The molecule has 0 radical (unpaired) electrons. The highest BCUT2D eigenvalue weighted by Gasteiger charge is 1.96. The van der Waals surface area contributed by atoms with Crippen molar-refractivity contribution < 1.29 is 0 Å². The number of nitrogen functional groups attached to an aromatic ring is 1. The maximum Gasteiger partial charge on any atom is 0.181 e. The first kappa shape index (κ1) is 9.61. The molecule has 1 rings (SSSR count). The van der Waals surface area contributed by atoms with Crippen molar-refractivity contribution in [2.75, 3.05) is 5.73 Å². The fourth-order valence-corrected chi connectivity index (χ4v) is 1.91. The minimum Gasteiger partial charge on any atom is -0.375 e. The van der Waals surface area contributed by atoms with Crippen LogP contribution in [0.3, 0.4) is 0 Å². The molecule has 0 saturated carbocycles. The van der Waals surface area contributed by atoms with E-state index in [1.165, 1.54) is 17.8 Å². The molecule has 1 aromatic rings. The fourth-order valence-electron chi connectivity index (χ4n) is 0.951. The van der Waals surface area contributed by atoms with Crippen LogP contribution < -0.4 is 5.73 Å². The van der Waals surface area contributed by atoms with Gasteiger partial charge in [0.15, 0.2) is 5.13 Å². The van der Waals surface area contributed by atoms with Gasteiger partial charge in [0.2, 0.25) is 0 Å². The van der Waals surface area contributed by atoms with Gasteiger partial charge < -0.3 is 5.73 Å². The van der Waals surface area contributed by atoms with Crippen LogP contribution in [0, 0.1) is 3.82 Å². The Morgan fingerprint density at radius 2 is 2.42 bits per heavy atom. The number of aryl methyl sites for hydroxylation is 1. The lowest BCUT2D eigenvalue weighted by molar-refractivity contribution is 0.779. The Balaban J connectivity index is 2.79. The number of rotatable bonds is 3. The normalized spacial score (nSPS) is 10.1. The standard InChI is InChI=1S/C8H12N2S2/c1-2-3-4-6-5-7(11)12-8(9)10-6/h5H,2-4H2,1H3,(H2,9,10). The van der Waals surface area contributed by atoms with E-state index in [4.69, 9.17) is 18.0 Å². The highest BCUT2D eigenvalue weighted by Crippen LogP contribution is 2.12. The molecule has 0 bridgehead atoms. The fraction of sp³-hybridized carbons (Fsp3) is 0.500. The number of nitrogens with zero attached hydrogens (tertiary/aromatic N) is 1. The van der Waals surface area contributed by atoms with Crippen molar-refractivity contribution in [1.82, 2.24) is 4.98 Å². The Hall–Kier alpha value is -0.480. The molecule has 1 heterocycles. The van der Waals surface area contributed by atoms with Gasteiger partial charge in [-0.15, -0.1) is 0 Å². The van der Waals surface area contributed by atoms with Crippen LogP contribution in [-0.4, -0.2) is 4.98 Å². The molecular formula is C8H12N2S2. The van der Waals surface area contributed by atoms with Gasteiger partial charge in [0, 0.05) is 5.69 Å². The topological polar surface area (TPSA) is 38.9 Å². The summed E-state index contributed by atoms with van der Waals surface area (Å²) in [4.78, 5) is 4.20. The SMILES string of the molecule is CCCCc1cc(=S)sc(N)n1. The highest BCUT2D eigenvalue weighted by molar-refractivity contribution is 7.73. The van der Waals surface area contributed by atoms with Gasteiger partial charge in [-0.25, -0.2) is 4.98 Å². The van der Waals surface area contributed by atoms with Crippen LogP contribution in [0.5, 0.6) is 0 Å². The first-order chi connectivity index (χ1) is 5.72. The van der Waals surface area contributed by atoms with Crippen molar-refractivity contribution in [1.29, 1.82) is 0 Å². The summed E-state index contributed by atoms with van der Waals surface area (Å²) in [6.45, 7) is 2.16. The molecule has 1 aromatic heterocycles. The second kappa shape index (κ2) is 4.52. The molecule has 0 aliphatic carbocycles. The van der Waals surface area contributed by atoms with E-state index in [-0.39, 0.29) is 0 Å². The van der Waals surface area contributed by atoms with Gasteiger partial charge in [-0.3, -0.25) is 0 Å². The van der Waals surface area contributed by atoms with E-state index in [0.717, 1.165) is 22.4 Å². The molecule has 0 amide bonds. The molecule has 0 aliphatic rings. The number of nitrogens with two attached hydrogens (primary N) is 1. The average Bonchev–Trinajstić information content (AvgIpc) is 1.99. The van der Waals surface area contributed by atoms with Crippen LogP contribution in [0.4, 0.5) is 5.13 Å². The van der Waals surface area contributed by atoms with Crippen molar-refractivity contribution in [3.8, 4) is 0 Å². The van der Waals surface area contributed by atoms with Gasteiger partial charge in [-0.2, -0.15) is 0 Å². The van der Waals surface area contributed by atoms with E-state index in [2.05, 4.69) is 11.9 Å². The van der Waals surface area contributed by atoms with Gasteiger partial charge in [0.25, 0.3) is 0 Å². The number of unbranched alkanes of at least 4 members (excludes halogenated alkanes) is 1. The number of hydrogen-bond acceptors (Lipinski definition) is 4. The Labute approximate surface area is 81.5 Å². The molecule has 0 unspecified atom stereocenters. The van der Waals surface area contributed by atoms with E-state index < -0.39 is 0 Å². The monoisotopic (exact) mass is 200 g/mol. The zero-order chi connectivity index (χ0) is 8.97. The van der Waals surface area contributed by atoms with Crippen LogP contribution in [0.25, 0.3) is 0 Å². The van der Waals surface area contributed by atoms with Crippen molar-refractivity contribution in [3.63, 3.8) is 0 Å². The summed E-state index contributed by atoms with van der Waals surface area (Å²) in [6.07, 6.45) is 3.31. The minimum atomic E-state index is 0.577. The van der Waals surface area contributed by atoms with E-state index >= 15 is 0 Å². The summed E-state index contributed by atoms with van der Waals surface area (Å²) in [5, 5.41) is 0.577. The lowest BCUT2D eigenvalue weighted by Crippen LogP contribution is -1.93. The molecule has 0 fully saturated rings. The molecule has 0 aliphatic heterocycles. The Morgan fingerprint density at radius 3 is 3.00 bits per heavy atom. The van der Waals surface area contributed by atoms with Gasteiger partial charge in [0.05, 0.1) is 3.82 Å². The molecule has 0 atom stereocenters. The summed E-state index contributed by atoms with van der Waals surface area (Å²) < 4.78 is 0.827. The van der Waals surface area contributed by atoms with E-state index in [9.17, 15) is 0 Å². The molecule has 2 N–H and O–H groups in total. The van der Waals surface area contributed by atoms with Gasteiger partial charge in [0.1, 0.15) is 0 Å². The minimum absolute atomic E-state index is 0.577. The van der Waals surface area contributed by atoms with Gasteiger partial charge in [-0.05, 0) is 18.9 Å². The van der Waals surface area contributed by atoms with E-state index in [1.807, 2.05) is 6.07 Å². The van der Waals surface area contributed by atoms with E-state index in [1.54, 1.807) is 0 Å². The second-order valence-corrected chi connectivity index (χ2v) is 4.37. The predicted molar refractivity (Wildman–Crippen MR) is 56.0 cm³/mol. The van der Waals surface area contributed by atoms with Crippen molar-refractivity contribution in [3.05, 3.63) is 15.6 Å². The molecule has 0 aromatic carbocycles. The smallest absolute Gasteiger partial charge is 0.181 e. The van der Waals surface area contributed by atoms with Crippen LogP contribution in [0.2, 0.25) is 0 Å². The molecule has 12 heavy (non-hydrogen) atoms. The maximum absolute atomic E-state index is 5.57. The molecule has 66 valence electrons. The molecular weight excluding hydrogens is 188 g/mol. The number of aromatic nitrogens is 1. The molecule has 2 nitrogen and oxygen atoms in total. The summed E-state index contributed by atoms with van der Waals surface area (Å²) in [5.74, 6) is 0. The summed E-state index contributed by atoms with van der Waals surface area (Å²) in [7, 11) is 0. The summed E-state index contributed by atoms with van der Waals surface area (Å²) >= 11 is 6.40. The lowest BCUT2D eigenvalue weighted by Gasteiger charge is -1.98. The van der Waals surface area contributed by atoms with Crippen LogP contribution in [0.15, 0.2) is 6.07 Å². The largest absolute Gasteiger partial charge is 0.375 e. The summed E-state index contributed by atoms with van der Waals surface area (Å²) in [6, 6.07) is 1.94. The Kier molecular flexibility index (Phi) is 3.62. The second-order valence-electron chi connectivity index (χ2n) is 2.61. The first-order valence-corrected chi connectivity index (χ1v) is 5.21. The molecule has 0 spiro atoms. The quantitative estimate of drug-likeness (QED) is 0.763. The van der Waals surface area contributed by atoms with Crippen molar-refractivity contribution in [2.24, 2.45) is 0 Å². The predicted octanol–water partition coefficient (Wildman–Crippen LogP) is 2.80. The highest BCUT2D eigenvalue weighted by atomic mass is 32.1. The van der Waals surface area contributed by atoms with Crippen LogP contribution in [-0.2, 0) is 6.42 Å². The summed E-state index contributed by atoms with van der Waals surface area (Å²) in [5.41, 5.74) is 6.60. The van der Waals surface area contributed by atoms with Gasteiger partial charge in [-0.1, -0.05) is 36.9 Å². The van der Waals surface area contributed by atoms with Crippen molar-refractivity contribution >= 4 is 28.7 Å². The average molecular weight is 200 g/mol. The zero-order valence-electron chi connectivity index (χ0n) is 7.04. The zero-order valence-corrected chi connectivity index (χ0v) is 8.67. The maximum atomic E-state index is 5.57. The number of hydrogen-bond donors (Lipinski definition) is 1. The van der Waals surface area contributed by atoms with Gasteiger partial charge >= 0.3 is 0 Å². The van der Waals surface area contributed by atoms with Crippen LogP contribution in [0.1, 0.15) is 25.5 Å². The third-order valence-corrected chi connectivity index (χ3v) is 2.52.